The molecule has 4 fully saturated rings. The third-order valence-electron chi connectivity index (χ3n) is 6.36. The lowest BCUT2D eigenvalue weighted by molar-refractivity contribution is -0.134. The SMILES string of the molecule is C[C@H](OC(=O)c1ccc(C=O)cc1)C(=O)NC12CC3CC(CC(C3)C1)C2. The Balaban J connectivity index is 1.37. The Morgan fingerprint density at radius 3 is 2.12 bits per heavy atom. The minimum atomic E-state index is -0.832. The van der Waals surface area contributed by atoms with Gasteiger partial charge in [-0.3, -0.25) is 9.59 Å². The lowest BCUT2D eigenvalue weighted by Crippen LogP contribution is -2.61. The molecule has 0 heterocycles. The molecule has 0 aromatic heterocycles. The van der Waals surface area contributed by atoms with Crippen LogP contribution in [0.25, 0.3) is 0 Å². The zero-order chi connectivity index (χ0) is 18.3. The average Bonchev–Trinajstić information content (AvgIpc) is 2.60. The topological polar surface area (TPSA) is 72.5 Å². The van der Waals surface area contributed by atoms with E-state index in [2.05, 4.69) is 5.32 Å². The standard InChI is InChI=1S/C21H25NO4/c1-13(26-20(25)18-4-2-14(12-23)3-5-18)19(24)22-21-9-15-6-16(10-21)8-17(7-15)11-21/h2-5,12-13,15-17H,6-11H2,1H3,(H,22,24)/t13-,15?,16?,17?,21?/m0/s1. The Morgan fingerprint density at radius 2 is 1.62 bits per heavy atom. The van der Waals surface area contributed by atoms with Crippen LogP contribution in [0.2, 0.25) is 0 Å². The highest BCUT2D eigenvalue weighted by Gasteiger charge is 2.51. The molecule has 4 aliphatic carbocycles. The van der Waals surface area contributed by atoms with E-state index in [1.54, 1.807) is 19.1 Å². The van der Waals surface area contributed by atoms with Crippen LogP contribution >= 0.6 is 0 Å². The van der Waals surface area contributed by atoms with Gasteiger partial charge in [-0.05, 0) is 75.3 Å². The molecule has 0 saturated heterocycles. The Hall–Kier alpha value is -2.17. The molecular formula is C21H25NO4. The summed E-state index contributed by atoms with van der Waals surface area (Å²) in [6.45, 7) is 1.62. The molecule has 4 aliphatic rings. The summed E-state index contributed by atoms with van der Waals surface area (Å²) in [5.74, 6) is 1.49. The quantitative estimate of drug-likeness (QED) is 0.651. The second-order valence-electron chi connectivity index (χ2n) is 8.47. The van der Waals surface area contributed by atoms with E-state index in [1.165, 1.54) is 31.4 Å². The fraction of sp³-hybridized carbons (Fsp3) is 0.571. The van der Waals surface area contributed by atoms with E-state index in [4.69, 9.17) is 4.74 Å². The highest BCUT2D eigenvalue weighted by Crippen LogP contribution is 2.55. The van der Waals surface area contributed by atoms with Gasteiger partial charge < -0.3 is 10.1 Å². The molecule has 0 unspecified atom stereocenters. The van der Waals surface area contributed by atoms with E-state index >= 15 is 0 Å². The van der Waals surface area contributed by atoms with Crippen LogP contribution in [-0.4, -0.2) is 29.8 Å². The summed E-state index contributed by atoms with van der Waals surface area (Å²) >= 11 is 0. The molecule has 26 heavy (non-hydrogen) atoms. The molecule has 4 bridgehead atoms. The van der Waals surface area contributed by atoms with Gasteiger partial charge in [0.15, 0.2) is 6.10 Å². The van der Waals surface area contributed by atoms with E-state index < -0.39 is 12.1 Å². The number of rotatable bonds is 5. The number of aldehydes is 1. The molecule has 0 radical (unpaired) electrons. The number of nitrogens with one attached hydrogen (secondary N) is 1. The third-order valence-corrected chi connectivity index (χ3v) is 6.36. The number of hydrogen-bond acceptors (Lipinski definition) is 4. The van der Waals surface area contributed by atoms with Crippen molar-refractivity contribution in [3.05, 3.63) is 35.4 Å². The number of amides is 1. The maximum Gasteiger partial charge on any atom is 0.338 e. The number of hydrogen-bond donors (Lipinski definition) is 1. The Morgan fingerprint density at radius 1 is 1.08 bits per heavy atom. The lowest BCUT2D eigenvalue weighted by Gasteiger charge is -2.57. The zero-order valence-corrected chi connectivity index (χ0v) is 15.1. The molecule has 1 aromatic rings. The van der Waals surface area contributed by atoms with Crippen molar-refractivity contribution in [3.63, 3.8) is 0 Å². The summed E-state index contributed by atoms with van der Waals surface area (Å²) in [5.41, 5.74) is 0.747. The van der Waals surface area contributed by atoms with Crippen molar-refractivity contribution in [2.75, 3.05) is 0 Å². The Bertz CT molecular complexity index is 689. The van der Waals surface area contributed by atoms with Gasteiger partial charge >= 0.3 is 5.97 Å². The number of carbonyl (C=O) groups excluding carboxylic acids is 3. The van der Waals surface area contributed by atoms with Crippen LogP contribution in [-0.2, 0) is 9.53 Å². The van der Waals surface area contributed by atoms with E-state index in [-0.39, 0.29) is 11.4 Å². The van der Waals surface area contributed by atoms with Crippen LogP contribution in [0, 0.1) is 17.8 Å². The van der Waals surface area contributed by atoms with Crippen LogP contribution in [0.4, 0.5) is 0 Å². The van der Waals surface area contributed by atoms with Crippen LogP contribution < -0.4 is 5.32 Å². The van der Waals surface area contributed by atoms with Crippen molar-refractivity contribution < 1.29 is 19.1 Å². The van der Waals surface area contributed by atoms with E-state index in [9.17, 15) is 14.4 Å². The first-order valence-electron chi connectivity index (χ1n) is 9.54. The van der Waals surface area contributed by atoms with Crippen molar-refractivity contribution in [1.29, 1.82) is 0 Å². The van der Waals surface area contributed by atoms with E-state index in [0.29, 0.717) is 11.1 Å². The van der Waals surface area contributed by atoms with Gasteiger partial charge in [0.25, 0.3) is 5.91 Å². The van der Waals surface area contributed by atoms with Crippen molar-refractivity contribution in [1.82, 2.24) is 5.32 Å². The molecule has 1 aromatic carbocycles. The van der Waals surface area contributed by atoms with E-state index in [1.807, 2.05) is 0 Å². The fourth-order valence-electron chi connectivity index (χ4n) is 5.61. The lowest BCUT2D eigenvalue weighted by atomic mass is 9.53. The van der Waals surface area contributed by atoms with Gasteiger partial charge in [-0.25, -0.2) is 4.79 Å². The zero-order valence-electron chi connectivity index (χ0n) is 15.1. The predicted molar refractivity (Wildman–Crippen MR) is 95.8 cm³/mol. The van der Waals surface area contributed by atoms with Gasteiger partial charge in [0, 0.05) is 11.1 Å². The summed E-state index contributed by atoms with van der Waals surface area (Å²) in [6.07, 6.45) is 7.04. The first-order valence-corrected chi connectivity index (χ1v) is 9.54. The van der Waals surface area contributed by atoms with Crippen molar-refractivity contribution in [2.45, 2.75) is 57.1 Å². The molecule has 1 atom stereocenters. The maximum atomic E-state index is 12.7. The summed E-state index contributed by atoms with van der Waals surface area (Å²) in [6, 6.07) is 6.19. The summed E-state index contributed by atoms with van der Waals surface area (Å²) < 4.78 is 5.35. The maximum absolute atomic E-state index is 12.7. The first-order chi connectivity index (χ1) is 12.5. The third kappa shape index (κ3) is 3.27. The van der Waals surface area contributed by atoms with Crippen molar-refractivity contribution >= 4 is 18.2 Å². The van der Waals surface area contributed by atoms with Crippen LogP contribution in [0.15, 0.2) is 24.3 Å². The van der Waals surface area contributed by atoms with Crippen molar-refractivity contribution in [2.24, 2.45) is 17.8 Å². The number of ether oxygens (including phenoxy) is 1. The van der Waals surface area contributed by atoms with Crippen LogP contribution in [0.1, 0.15) is 66.2 Å². The molecule has 1 N–H and O–H groups in total. The van der Waals surface area contributed by atoms with Gasteiger partial charge in [0.1, 0.15) is 6.29 Å². The number of carbonyl (C=O) groups is 3. The first kappa shape index (κ1) is 17.3. The minimum absolute atomic E-state index is 0.0852. The molecule has 5 rings (SSSR count). The smallest absolute Gasteiger partial charge is 0.338 e. The van der Waals surface area contributed by atoms with Crippen LogP contribution in [0.3, 0.4) is 0 Å². The Labute approximate surface area is 153 Å². The summed E-state index contributed by atoms with van der Waals surface area (Å²) in [5, 5.41) is 3.24. The molecule has 1 amide bonds. The highest BCUT2D eigenvalue weighted by molar-refractivity contribution is 5.93. The highest BCUT2D eigenvalue weighted by atomic mass is 16.5. The van der Waals surface area contributed by atoms with Gasteiger partial charge in [0.05, 0.1) is 5.56 Å². The summed E-state index contributed by atoms with van der Waals surface area (Å²) in [4.78, 5) is 35.6. The summed E-state index contributed by atoms with van der Waals surface area (Å²) in [7, 11) is 0. The Kier molecular flexibility index (Phi) is 4.33. The minimum Gasteiger partial charge on any atom is -0.449 e. The van der Waals surface area contributed by atoms with Gasteiger partial charge in [-0.2, -0.15) is 0 Å². The van der Waals surface area contributed by atoms with Gasteiger partial charge in [-0.1, -0.05) is 12.1 Å². The molecule has 0 aliphatic heterocycles. The van der Waals surface area contributed by atoms with E-state index in [0.717, 1.165) is 43.3 Å². The normalized spacial score (nSPS) is 32.7. The van der Waals surface area contributed by atoms with Crippen LogP contribution in [0.5, 0.6) is 0 Å². The van der Waals surface area contributed by atoms with Gasteiger partial charge in [0.2, 0.25) is 0 Å². The van der Waals surface area contributed by atoms with Gasteiger partial charge in [-0.15, -0.1) is 0 Å². The fourth-order valence-corrected chi connectivity index (χ4v) is 5.61. The molecule has 138 valence electrons. The number of esters is 1. The second kappa shape index (κ2) is 6.53. The molecule has 4 saturated carbocycles. The molecule has 5 heteroatoms. The number of benzene rings is 1. The molecular weight excluding hydrogens is 330 g/mol. The van der Waals surface area contributed by atoms with Crippen molar-refractivity contribution in [3.8, 4) is 0 Å². The molecule has 5 nitrogen and oxygen atoms in total. The second-order valence-corrected chi connectivity index (χ2v) is 8.47. The average molecular weight is 355 g/mol. The monoisotopic (exact) mass is 355 g/mol. The predicted octanol–water partition coefficient (Wildman–Crippen LogP) is 3.13. The molecule has 0 spiro atoms. The largest absolute Gasteiger partial charge is 0.449 e.